The fourth-order valence-electron chi connectivity index (χ4n) is 1.61. The second-order valence-corrected chi connectivity index (χ2v) is 3.56. The zero-order valence-corrected chi connectivity index (χ0v) is 9.07. The summed E-state index contributed by atoms with van der Waals surface area (Å²) in [4.78, 5) is 12.1. The van der Waals surface area contributed by atoms with Crippen molar-refractivity contribution >= 4 is 11.5 Å². The third-order valence-corrected chi connectivity index (χ3v) is 2.48. The van der Waals surface area contributed by atoms with Crippen LogP contribution in [0.25, 0.3) is 0 Å². The Hall–Kier alpha value is -2.03. The van der Waals surface area contributed by atoms with Crippen LogP contribution >= 0.6 is 0 Å². The van der Waals surface area contributed by atoms with Crippen LogP contribution < -0.4 is 5.73 Å². The number of furan rings is 1. The molecule has 1 aromatic heterocycles. The van der Waals surface area contributed by atoms with Crippen LogP contribution in [0.2, 0.25) is 0 Å². The topological polar surface area (TPSA) is 56.2 Å². The third kappa shape index (κ3) is 1.84. The van der Waals surface area contributed by atoms with Crippen LogP contribution in [0, 0.1) is 0 Å². The summed E-state index contributed by atoms with van der Waals surface area (Å²) in [5, 5.41) is 0. The fourth-order valence-corrected chi connectivity index (χ4v) is 1.61. The Bertz CT molecular complexity index is 497. The maximum absolute atomic E-state index is 12.1. The SMILES string of the molecule is CCc1occc1C(=O)c1ccc(N)cc1. The molecule has 1 aromatic carbocycles. The standard InChI is InChI=1S/C13H13NO2/c1-2-12-11(7-8-16-12)13(15)9-3-5-10(14)6-4-9/h3-8H,2,14H2,1H3. The van der Waals surface area contributed by atoms with Gasteiger partial charge in [0.1, 0.15) is 5.76 Å². The molecule has 0 fully saturated rings. The molecule has 82 valence electrons. The highest BCUT2D eigenvalue weighted by Crippen LogP contribution is 2.17. The number of rotatable bonds is 3. The molecule has 0 spiro atoms. The van der Waals surface area contributed by atoms with Gasteiger partial charge in [0.2, 0.25) is 0 Å². The van der Waals surface area contributed by atoms with Gasteiger partial charge in [-0.1, -0.05) is 6.92 Å². The van der Waals surface area contributed by atoms with Crippen LogP contribution in [-0.4, -0.2) is 5.78 Å². The van der Waals surface area contributed by atoms with Crippen molar-refractivity contribution in [3.05, 3.63) is 53.5 Å². The van der Waals surface area contributed by atoms with Crippen molar-refractivity contribution < 1.29 is 9.21 Å². The number of ketones is 1. The quantitative estimate of drug-likeness (QED) is 0.632. The lowest BCUT2D eigenvalue weighted by molar-refractivity contribution is 0.103. The van der Waals surface area contributed by atoms with Crippen molar-refractivity contribution in [3.8, 4) is 0 Å². The van der Waals surface area contributed by atoms with Crippen LogP contribution in [0.4, 0.5) is 5.69 Å². The van der Waals surface area contributed by atoms with Gasteiger partial charge in [-0.15, -0.1) is 0 Å². The average molecular weight is 215 g/mol. The minimum Gasteiger partial charge on any atom is -0.469 e. The van der Waals surface area contributed by atoms with E-state index in [1.165, 1.54) is 0 Å². The number of hydrogen-bond donors (Lipinski definition) is 1. The van der Waals surface area contributed by atoms with Crippen molar-refractivity contribution in [1.82, 2.24) is 0 Å². The summed E-state index contributed by atoms with van der Waals surface area (Å²) >= 11 is 0. The molecule has 2 aromatic rings. The Morgan fingerprint density at radius 1 is 1.25 bits per heavy atom. The van der Waals surface area contributed by atoms with Gasteiger partial charge in [-0.3, -0.25) is 4.79 Å². The molecule has 0 aliphatic carbocycles. The van der Waals surface area contributed by atoms with E-state index in [4.69, 9.17) is 10.2 Å². The van der Waals surface area contributed by atoms with E-state index in [0.717, 1.165) is 5.76 Å². The van der Waals surface area contributed by atoms with Crippen LogP contribution in [0.3, 0.4) is 0 Å². The zero-order valence-electron chi connectivity index (χ0n) is 9.07. The first-order valence-electron chi connectivity index (χ1n) is 5.19. The first-order chi connectivity index (χ1) is 7.72. The van der Waals surface area contributed by atoms with Crippen molar-refractivity contribution in [2.24, 2.45) is 0 Å². The molecule has 2 rings (SSSR count). The van der Waals surface area contributed by atoms with E-state index in [1.54, 1.807) is 36.6 Å². The van der Waals surface area contributed by atoms with Crippen molar-refractivity contribution in [2.45, 2.75) is 13.3 Å². The molecule has 0 aliphatic rings. The lowest BCUT2D eigenvalue weighted by Gasteiger charge is -2.01. The molecular weight excluding hydrogens is 202 g/mol. The number of nitrogen functional groups attached to an aromatic ring is 1. The van der Waals surface area contributed by atoms with Gasteiger partial charge in [0, 0.05) is 17.7 Å². The molecule has 0 radical (unpaired) electrons. The summed E-state index contributed by atoms with van der Waals surface area (Å²) in [6.45, 7) is 1.96. The molecule has 0 saturated carbocycles. The predicted molar refractivity (Wildman–Crippen MR) is 62.4 cm³/mol. The van der Waals surface area contributed by atoms with Crippen molar-refractivity contribution in [3.63, 3.8) is 0 Å². The lowest BCUT2D eigenvalue weighted by atomic mass is 10.0. The Kier molecular flexibility index (Phi) is 2.77. The van der Waals surface area contributed by atoms with Crippen LogP contribution in [0.5, 0.6) is 0 Å². The average Bonchev–Trinajstić information content (AvgIpc) is 2.77. The number of benzene rings is 1. The third-order valence-electron chi connectivity index (χ3n) is 2.48. The summed E-state index contributed by atoms with van der Waals surface area (Å²) < 4.78 is 5.23. The first-order valence-corrected chi connectivity index (χ1v) is 5.19. The van der Waals surface area contributed by atoms with Gasteiger partial charge >= 0.3 is 0 Å². The second-order valence-electron chi connectivity index (χ2n) is 3.56. The monoisotopic (exact) mass is 215 g/mol. The van der Waals surface area contributed by atoms with Gasteiger partial charge in [-0.2, -0.15) is 0 Å². The molecule has 0 aliphatic heterocycles. The smallest absolute Gasteiger partial charge is 0.196 e. The molecular formula is C13H13NO2. The van der Waals surface area contributed by atoms with Gasteiger partial charge in [-0.25, -0.2) is 0 Å². The second kappa shape index (κ2) is 4.23. The number of carbonyl (C=O) groups excluding carboxylic acids is 1. The largest absolute Gasteiger partial charge is 0.469 e. The number of nitrogens with two attached hydrogens (primary N) is 1. The highest BCUT2D eigenvalue weighted by molar-refractivity contribution is 6.09. The summed E-state index contributed by atoms with van der Waals surface area (Å²) in [6, 6.07) is 8.60. The van der Waals surface area contributed by atoms with Crippen LogP contribution in [0.15, 0.2) is 41.0 Å². The Labute approximate surface area is 93.9 Å². The lowest BCUT2D eigenvalue weighted by Crippen LogP contribution is -2.02. The Balaban J connectivity index is 2.35. The highest BCUT2D eigenvalue weighted by atomic mass is 16.3. The number of anilines is 1. The molecule has 0 atom stereocenters. The Morgan fingerprint density at radius 3 is 2.56 bits per heavy atom. The molecule has 0 bridgehead atoms. The van der Waals surface area contributed by atoms with E-state index in [2.05, 4.69) is 0 Å². The van der Waals surface area contributed by atoms with Crippen molar-refractivity contribution in [1.29, 1.82) is 0 Å². The van der Waals surface area contributed by atoms with Crippen LogP contribution in [0.1, 0.15) is 28.6 Å². The van der Waals surface area contributed by atoms with E-state index in [0.29, 0.717) is 23.2 Å². The van der Waals surface area contributed by atoms with Gasteiger partial charge < -0.3 is 10.2 Å². The van der Waals surface area contributed by atoms with Crippen molar-refractivity contribution in [2.75, 3.05) is 5.73 Å². The summed E-state index contributed by atoms with van der Waals surface area (Å²) in [6.07, 6.45) is 2.26. The van der Waals surface area contributed by atoms with E-state index in [1.807, 2.05) is 6.92 Å². The van der Waals surface area contributed by atoms with E-state index in [9.17, 15) is 4.79 Å². The molecule has 2 N–H and O–H groups in total. The highest BCUT2D eigenvalue weighted by Gasteiger charge is 2.14. The summed E-state index contributed by atoms with van der Waals surface area (Å²) in [7, 11) is 0. The van der Waals surface area contributed by atoms with Gasteiger partial charge in [0.15, 0.2) is 5.78 Å². The number of aryl methyl sites for hydroxylation is 1. The van der Waals surface area contributed by atoms with Gasteiger partial charge in [0.25, 0.3) is 0 Å². The molecule has 3 nitrogen and oxygen atoms in total. The minimum atomic E-state index is -0.0226. The molecule has 0 unspecified atom stereocenters. The molecule has 1 heterocycles. The normalized spacial score (nSPS) is 10.3. The molecule has 0 saturated heterocycles. The maximum atomic E-state index is 12.1. The minimum absolute atomic E-state index is 0.0226. The first kappa shape index (κ1) is 10.5. The summed E-state index contributed by atoms with van der Waals surface area (Å²) in [5.41, 5.74) is 7.49. The van der Waals surface area contributed by atoms with Gasteiger partial charge in [-0.05, 0) is 30.3 Å². The van der Waals surface area contributed by atoms with Crippen LogP contribution in [-0.2, 0) is 6.42 Å². The zero-order chi connectivity index (χ0) is 11.5. The number of carbonyl (C=O) groups is 1. The molecule has 16 heavy (non-hydrogen) atoms. The van der Waals surface area contributed by atoms with E-state index >= 15 is 0 Å². The summed E-state index contributed by atoms with van der Waals surface area (Å²) in [5.74, 6) is 0.701. The molecule has 3 heteroatoms. The molecule has 0 amide bonds. The van der Waals surface area contributed by atoms with Gasteiger partial charge in [0.05, 0.1) is 11.8 Å². The Morgan fingerprint density at radius 2 is 1.94 bits per heavy atom. The number of hydrogen-bond acceptors (Lipinski definition) is 3. The fraction of sp³-hybridized carbons (Fsp3) is 0.154. The predicted octanol–water partition coefficient (Wildman–Crippen LogP) is 2.66. The van der Waals surface area contributed by atoms with E-state index in [-0.39, 0.29) is 5.78 Å². The maximum Gasteiger partial charge on any atom is 0.196 e. The van der Waals surface area contributed by atoms with E-state index < -0.39 is 0 Å².